The molecule has 5 heteroatoms. The summed E-state index contributed by atoms with van der Waals surface area (Å²) >= 11 is 0. The van der Waals surface area contributed by atoms with Crippen molar-refractivity contribution < 1.29 is 4.39 Å². The van der Waals surface area contributed by atoms with Gasteiger partial charge in [0.2, 0.25) is 0 Å². The zero-order valence-corrected chi connectivity index (χ0v) is 9.89. The van der Waals surface area contributed by atoms with E-state index < -0.39 is 0 Å². The number of hydrogen-bond acceptors (Lipinski definition) is 3. The molecule has 2 aromatic rings. The van der Waals surface area contributed by atoms with Crippen LogP contribution < -0.4 is 10.6 Å². The van der Waals surface area contributed by atoms with Crippen molar-refractivity contribution in [2.45, 2.75) is 0 Å². The van der Waals surface area contributed by atoms with Crippen molar-refractivity contribution >= 4 is 17.2 Å². The van der Waals surface area contributed by atoms with Crippen LogP contribution in [0.5, 0.6) is 0 Å². The first kappa shape index (κ1) is 12.0. The highest BCUT2D eigenvalue weighted by atomic mass is 19.1. The van der Waals surface area contributed by atoms with E-state index in [0.29, 0.717) is 16.9 Å². The van der Waals surface area contributed by atoms with Crippen LogP contribution in [-0.4, -0.2) is 17.9 Å². The van der Waals surface area contributed by atoms with Gasteiger partial charge in [-0.05, 0) is 24.3 Å². The molecule has 0 aliphatic rings. The van der Waals surface area contributed by atoms with E-state index >= 15 is 0 Å². The second-order valence-corrected chi connectivity index (χ2v) is 3.85. The van der Waals surface area contributed by atoms with Gasteiger partial charge in [-0.25, -0.2) is 4.39 Å². The maximum atomic E-state index is 13.2. The van der Waals surface area contributed by atoms with Crippen molar-refractivity contribution in [2.75, 3.05) is 11.9 Å². The first-order valence-corrected chi connectivity index (χ1v) is 5.37. The average molecular weight is 244 g/mol. The largest absolute Gasteiger partial charge is 0.384 e. The number of aromatic nitrogens is 1. The Labute approximate surface area is 104 Å². The summed E-state index contributed by atoms with van der Waals surface area (Å²) in [6, 6.07) is 7.86. The molecule has 0 unspecified atom stereocenters. The van der Waals surface area contributed by atoms with E-state index in [1.54, 1.807) is 42.5 Å². The average Bonchev–Trinajstić information content (AvgIpc) is 2.38. The van der Waals surface area contributed by atoms with E-state index in [1.165, 1.54) is 12.1 Å². The lowest BCUT2D eigenvalue weighted by Gasteiger charge is -2.21. The van der Waals surface area contributed by atoms with Gasteiger partial charge < -0.3 is 10.6 Å². The number of nitrogens with zero attached hydrogens (tertiary/aromatic N) is 2. The summed E-state index contributed by atoms with van der Waals surface area (Å²) in [5.41, 5.74) is 7.42. The Bertz CT molecular complexity index is 583. The number of anilines is 2. The Balaban J connectivity index is 2.46. The molecule has 1 aromatic heterocycles. The summed E-state index contributed by atoms with van der Waals surface area (Å²) in [4.78, 5) is 5.75. The third-order valence-corrected chi connectivity index (χ3v) is 2.65. The molecule has 18 heavy (non-hydrogen) atoms. The summed E-state index contributed by atoms with van der Waals surface area (Å²) in [5.74, 6) is -0.358. The molecule has 0 aliphatic heterocycles. The number of rotatable bonds is 3. The van der Waals surface area contributed by atoms with E-state index in [2.05, 4.69) is 4.98 Å². The number of pyridine rings is 1. The molecule has 0 saturated carbocycles. The summed E-state index contributed by atoms with van der Waals surface area (Å²) in [7, 11) is 1.78. The Morgan fingerprint density at radius 3 is 2.83 bits per heavy atom. The molecule has 0 bridgehead atoms. The molecule has 0 amide bonds. The van der Waals surface area contributed by atoms with Crippen LogP contribution in [0.2, 0.25) is 0 Å². The van der Waals surface area contributed by atoms with Crippen LogP contribution in [-0.2, 0) is 0 Å². The Kier molecular flexibility index (Phi) is 3.23. The van der Waals surface area contributed by atoms with E-state index in [0.717, 1.165) is 0 Å². The molecule has 0 atom stereocenters. The zero-order valence-electron chi connectivity index (χ0n) is 9.89. The smallest absolute Gasteiger partial charge is 0.125 e. The number of nitrogen functional groups attached to an aromatic ring is 1. The fourth-order valence-corrected chi connectivity index (χ4v) is 1.71. The molecular formula is C13H13FN4. The standard InChI is InChI=1S/C13H13FN4/c1-18(10-4-2-3-9(14)7-10)12-8-17-6-5-11(12)13(15)16/h2-8H,1H3,(H3,15,16). The molecule has 92 valence electrons. The van der Waals surface area contributed by atoms with Crippen molar-refractivity contribution in [3.63, 3.8) is 0 Å². The van der Waals surface area contributed by atoms with Crippen molar-refractivity contribution in [3.8, 4) is 0 Å². The second-order valence-electron chi connectivity index (χ2n) is 3.85. The Morgan fingerprint density at radius 1 is 1.39 bits per heavy atom. The highest BCUT2D eigenvalue weighted by Crippen LogP contribution is 2.26. The van der Waals surface area contributed by atoms with Crippen LogP contribution in [0.3, 0.4) is 0 Å². The molecule has 0 aliphatic carbocycles. The predicted octanol–water partition coefficient (Wildman–Crippen LogP) is 2.27. The lowest BCUT2D eigenvalue weighted by molar-refractivity contribution is 0.628. The van der Waals surface area contributed by atoms with Gasteiger partial charge in [-0.1, -0.05) is 6.07 Å². The quantitative estimate of drug-likeness (QED) is 0.643. The minimum Gasteiger partial charge on any atom is -0.384 e. The minimum absolute atomic E-state index is 0.0457. The lowest BCUT2D eigenvalue weighted by atomic mass is 10.2. The number of nitrogens with one attached hydrogen (secondary N) is 1. The van der Waals surface area contributed by atoms with Crippen molar-refractivity contribution in [1.82, 2.24) is 4.98 Å². The van der Waals surface area contributed by atoms with Gasteiger partial charge >= 0.3 is 0 Å². The maximum absolute atomic E-state index is 13.2. The van der Waals surface area contributed by atoms with E-state index in [-0.39, 0.29) is 11.7 Å². The summed E-state index contributed by atoms with van der Waals surface area (Å²) in [6.45, 7) is 0. The Hall–Kier alpha value is -2.43. The first-order chi connectivity index (χ1) is 8.59. The van der Waals surface area contributed by atoms with Gasteiger partial charge in [-0.15, -0.1) is 0 Å². The van der Waals surface area contributed by atoms with Crippen LogP contribution in [0.1, 0.15) is 5.56 Å². The fourth-order valence-electron chi connectivity index (χ4n) is 1.71. The number of amidine groups is 1. The van der Waals surface area contributed by atoms with Gasteiger partial charge in [0.15, 0.2) is 0 Å². The highest BCUT2D eigenvalue weighted by Gasteiger charge is 2.11. The van der Waals surface area contributed by atoms with Crippen molar-refractivity contribution in [2.24, 2.45) is 5.73 Å². The maximum Gasteiger partial charge on any atom is 0.125 e. The third kappa shape index (κ3) is 2.29. The molecule has 0 fully saturated rings. The first-order valence-electron chi connectivity index (χ1n) is 5.37. The van der Waals surface area contributed by atoms with Gasteiger partial charge in [0.1, 0.15) is 11.7 Å². The SMILES string of the molecule is CN(c1cccc(F)c1)c1cnccc1C(=N)N. The summed E-state index contributed by atoms with van der Waals surface area (Å²) < 4.78 is 13.2. The molecule has 0 radical (unpaired) electrons. The molecule has 1 aromatic carbocycles. The fraction of sp³-hybridized carbons (Fsp3) is 0.0769. The third-order valence-electron chi connectivity index (χ3n) is 2.65. The predicted molar refractivity (Wildman–Crippen MR) is 69.7 cm³/mol. The normalized spacial score (nSPS) is 10.1. The molecule has 0 saturated heterocycles. The topological polar surface area (TPSA) is 66.0 Å². The number of hydrogen-bond donors (Lipinski definition) is 2. The van der Waals surface area contributed by atoms with Gasteiger partial charge in [-0.3, -0.25) is 10.4 Å². The minimum atomic E-state index is -0.312. The van der Waals surface area contributed by atoms with E-state index in [1.807, 2.05) is 0 Å². The van der Waals surface area contributed by atoms with Crippen molar-refractivity contribution in [3.05, 3.63) is 54.1 Å². The molecular weight excluding hydrogens is 231 g/mol. The zero-order chi connectivity index (χ0) is 13.1. The highest BCUT2D eigenvalue weighted by molar-refractivity contribution is 6.00. The second kappa shape index (κ2) is 4.83. The molecule has 0 spiro atoms. The van der Waals surface area contributed by atoms with Crippen LogP contribution in [0, 0.1) is 11.2 Å². The molecule has 3 N–H and O–H groups in total. The lowest BCUT2D eigenvalue weighted by Crippen LogP contribution is -2.18. The van der Waals surface area contributed by atoms with Gasteiger partial charge in [-0.2, -0.15) is 0 Å². The van der Waals surface area contributed by atoms with Gasteiger partial charge in [0.25, 0.3) is 0 Å². The van der Waals surface area contributed by atoms with Crippen LogP contribution in [0.25, 0.3) is 0 Å². The van der Waals surface area contributed by atoms with Crippen LogP contribution in [0.15, 0.2) is 42.7 Å². The van der Waals surface area contributed by atoms with Crippen LogP contribution >= 0.6 is 0 Å². The van der Waals surface area contributed by atoms with E-state index in [9.17, 15) is 4.39 Å². The number of halogens is 1. The Morgan fingerprint density at radius 2 is 2.17 bits per heavy atom. The summed E-state index contributed by atoms with van der Waals surface area (Å²) in [5, 5.41) is 7.52. The van der Waals surface area contributed by atoms with Gasteiger partial charge in [0, 0.05) is 24.5 Å². The van der Waals surface area contributed by atoms with Crippen molar-refractivity contribution in [1.29, 1.82) is 5.41 Å². The molecule has 4 nitrogen and oxygen atoms in total. The number of nitrogens with two attached hydrogens (primary N) is 1. The van der Waals surface area contributed by atoms with Gasteiger partial charge in [0.05, 0.1) is 11.9 Å². The monoisotopic (exact) mass is 244 g/mol. The van der Waals surface area contributed by atoms with Crippen LogP contribution in [0.4, 0.5) is 15.8 Å². The molecule has 2 rings (SSSR count). The molecule has 1 heterocycles. The van der Waals surface area contributed by atoms with E-state index in [4.69, 9.17) is 11.1 Å². The number of benzene rings is 1. The summed E-state index contributed by atoms with van der Waals surface area (Å²) in [6.07, 6.45) is 3.17.